The highest BCUT2D eigenvalue weighted by atomic mass is 16.6. The number of nitro benzene ring substituents is 1. The van der Waals surface area contributed by atoms with Crippen molar-refractivity contribution in [2.24, 2.45) is 0 Å². The Morgan fingerprint density at radius 2 is 1.50 bits per heavy atom. The molecule has 0 unspecified atom stereocenters. The summed E-state index contributed by atoms with van der Waals surface area (Å²) in [6.07, 6.45) is 1.12. The second-order valence-corrected chi connectivity index (χ2v) is 5.17. The molecule has 0 amide bonds. The van der Waals surface area contributed by atoms with E-state index >= 15 is 0 Å². The Morgan fingerprint density at radius 3 is 1.92 bits per heavy atom. The Morgan fingerprint density at radius 1 is 1.00 bits per heavy atom. The summed E-state index contributed by atoms with van der Waals surface area (Å²) in [6.45, 7) is 1.55. The normalized spacial score (nSPS) is 10.5. The number of rotatable bonds is 10. The van der Waals surface area contributed by atoms with E-state index in [0.29, 0.717) is 26.1 Å². The molecule has 132 valence electrons. The Bertz CT molecular complexity index is 538. The summed E-state index contributed by atoms with van der Waals surface area (Å²) < 4.78 is 9.25. The van der Waals surface area contributed by atoms with Crippen LogP contribution in [0, 0.1) is 10.1 Å². The molecule has 0 atom stereocenters. The maximum atomic E-state index is 11.3. The summed E-state index contributed by atoms with van der Waals surface area (Å²) in [5.41, 5.74) is 0.994. The largest absolute Gasteiger partial charge is 0.469 e. The van der Waals surface area contributed by atoms with Crippen molar-refractivity contribution in [3.63, 3.8) is 0 Å². The van der Waals surface area contributed by atoms with E-state index in [1.807, 2.05) is 4.90 Å². The third kappa shape index (κ3) is 7.19. The number of benzene rings is 1. The van der Waals surface area contributed by atoms with E-state index in [9.17, 15) is 19.7 Å². The maximum absolute atomic E-state index is 11.3. The fraction of sp³-hybridized carbons (Fsp3) is 0.500. The molecule has 0 radical (unpaired) electrons. The molecule has 0 N–H and O–H groups in total. The smallest absolute Gasteiger partial charge is 0.306 e. The molecule has 0 aliphatic carbocycles. The Kier molecular flexibility index (Phi) is 8.42. The zero-order valence-corrected chi connectivity index (χ0v) is 13.9. The van der Waals surface area contributed by atoms with Crippen molar-refractivity contribution >= 4 is 17.6 Å². The molecular weight excluding hydrogens is 316 g/mol. The van der Waals surface area contributed by atoms with Crippen LogP contribution in [0.2, 0.25) is 0 Å². The van der Waals surface area contributed by atoms with Crippen LogP contribution in [0.25, 0.3) is 0 Å². The van der Waals surface area contributed by atoms with Gasteiger partial charge in [0.15, 0.2) is 0 Å². The Hall–Kier alpha value is -2.48. The van der Waals surface area contributed by atoms with Crippen molar-refractivity contribution in [2.75, 3.05) is 33.9 Å². The highest BCUT2D eigenvalue weighted by Crippen LogP contribution is 2.12. The minimum absolute atomic E-state index is 0.0481. The number of ether oxygens (including phenoxy) is 2. The van der Waals surface area contributed by atoms with Crippen LogP contribution in [0.4, 0.5) is 5.69 Å². The Labute approximate surface area is 140 Å². The third-order valence-electron chi connectivity index (χ3n) is 3.58. The molecule has 0 saturated heterocycles. The standard InChI is InChI=1S/C16H22N2O6/c1-23-15(19)8-11-17(12-9-16(20)24-2)10-7-13-3-5-14(6-4-13)18(21)22/h3-6H,7-12H2,1-2H3. The van der Waals surface area contributed by atoms with Crippen LogP contribution in [0.3, 0.4) is 0 Å². The van der Waals surface area contributed by atoms with Crippen LogP contribution in [-0.4, -0.2) is 55.6 Å². The fourth-order valence-corrected chi connectivity index (χ4v) is 2.11. The quantitative estimate of drug-likeness (QED) is 0.363. The van der Waals surface area contributed by atoms with Gasteiger partial charge in [-0.2, -0.15) is 0 Å². The van der Waals surface area contributed by atoms with E-state index in [1.165, 1.54) is 26.4 Å². The minimum Gasteiger partial charge on any atom is -0.469 e. The van der Waals surface area contributed by atoms with E-state index in [4.69, 9.17) is 0 Å². The lowest BCUT2D eigenvalue weighted by atomic mass is 10.1. The predicted molar refractivity (Wildman–Crippen MR) is 86.5 cm³/mol. The molecule has 0 fully saturated rings. The lowest BCUT2D eigenvalue weighted by molar-refractivity contribution is -0.384. The average molecular weight is 338 g/mol. The summed E-state index contributed by atoms with van der Waals surface area (Å²) in [7, 11) is 2.66. The van der Waals surface area contributed by atoms with Gasteiger partial charge in [0.05, 0.1) is 32.0 Å². The van der Waals surface area contributed by atoms with Gasteiger partial charge in [0, 0.05) is 31.8 Å². The van der Waals surface area contributed by atoms with E-state index in [0.717, 1.165) is 5.56 Å². The first kappa shape index (κ1) is 19.6. The molecule has 0 heterocycles. The highest BCUT2D eigenvalue weighted by molar-refractivity contribution is 5.70. The van der Waals surface area contributed by atoms with Crippen LogP contribution >= 0.6 is 0 Å². The van der Waals surface area contributed by atoms with Crippen molar-refractivity contribution in [3.05, 3.63) is 39.9 Å². The lowest BCUT2D eigenvalue weighted by Crippen LogP contribution is -2.31. The van der Waals surface area contributed by atoms with Crippen LogP contribution in [0.15, 0.2) is 24.3 Å². The first-order valence-corrected chi connectivity index (χ1v) is 7.55. The van der Waals surface area contributed by atoms with Crippen LogP contribution in [0.5, 0.6) is 0 Å². The van der Waals surface area contributed by atoms with Gasteiger partial charge in [0.2, 0.25) is 0 Å². The van der Waals surface area contributed by atoms with Gasteiger partial charge in [0.25, 0.3) is 5.69 Å². The second-order valence-electron chi connectivity index (χ2n) is 5.17. The van der Waals surface area contributed by atoms with Crippen LogP contribution < -0.4 is 0 Å². The van der Waals surface area contributed by atoms with E-state index in [2.05, 4.69) is 9.47 Å². The summed E-state index contributed by atoms with van der Waals surface area (Å²) >= 11 is 0. The van der Waals surface area contributed by atoms with Gasteiger partial charge >= 0.3 is 11.9 Å². The summed E-state index contributed by atoms with van der Waals surface area (Å²) in [5, 5.41) is 10.6. The average Bonchev–Trinajstić information content (AvgIpc) is 2.60. The number of hydrogen-bond acceptors (Lipinski definition) is 7. The number of nitrogens with zero attached hydrogens (tertiary/aromatic N) is 2. The lowest BCUT2D eigenvalue weighted by Gasteiger charge is -2.21. The van der Waals surface area contributed by atoms with E-state index in [1.54, 1.807) is 12.1 Å². The molecule has 24 heavy (non-hydrogen) atoms. The van der Waals surface area contributed by atoms with Crippen molar-refractivity contribution in [1.29, 1.82) is 0 Å². The Balaban J connectivity index is 2.56. The van der Waals surface area contributed by atoms with Gasteiger partial charge in [-0.15, -0.1) is 0 Å². The summed E-state index contributed by atoms with van der Waals surface area (Å²) in [4.78, 5) is 34.7. The second kappa shape index (κ2) is 10.3. The van der Waals surface area contributed by atoms with Gasteiger partial charge < -0.3 is 14.4 Å². The number of carbonyl (C=O) groups is 2. The van der Waals surface area contributed by atoms with Gasteiger partial charge in [0.1, 0.15) is 0 Å². The monoisotopic (exact) mass is 338 g/mol. The number of hydrogen-bond donors (Lipinski definition) is 0. The number of esters is 2. The highest BCUT2D eigenvalue weighted by Gasteiger charge is 2.12. The first-order valence-electron chi connectivity index (χ1n) is 7.55. The van der Waals surface area contributed by atoms with Gasteiger partial charge in [-0.05, 0) is 12.0 Å². The number of nitro groups is 1. The van der Waals surface area contributed by atoms with Gasteiger partial charge in [-0.25, -0.2) is 0 Å². The molecule has 1 rings (SSSR count). The molecule has 0 aromatic heterocycles. The zero-order chi connectivity index (χ0) is 17.9. The molecule has 0 bridgehead atoms. The molecule has 8 heteroatoms. The summed E-state index contributed by atoms with van der Waals surface area (Å²) in [5.74, 6) is -0.623. The molecule has 1 aromatic rings. The maximum Gasteiger partial charge on any atom is 0.306 e. The van der Waals surface area contributed by atoms with Gasteiger partial charge in [-0.3, -0.25) is 19.7 Å². The van der Waals surface area contributed by atoms with E-state index in [-0.39, 0.29) is 30.5 Å². The molecule has 0 spiro atoms. The van der Waals surface area contributed by atoms with Crippen molar-refractivity contribution < 1.29 is 24.0 Å². The molecule has 0 aliphatic rings. The third-order valence-corrected chi connectivity index (χ3v) is 3.58. The minimum atomic E-state index is -0.442. The van der Waals surface area contributed by atoms with Gasteiger partial charge in [-0.1, -0.05) is 12.1 Å². The molecule has 0 aliphatic heterocycles. The number of non-ortho nitro benzene ring substituents is 1. The van der Waals surface area contributed by atoms with Crippen molar-refractivity contribution in [3.8, 4) is 0 Å². The molecule has 1 aromatic carbocycles. The summed E-state index contributed by atoms with van der Waals surface area (Å²) in [6, 6.07) is 6.33. The van der Waals surface area contributed by atoms with E-state index < -0.39 is 4.92 Å². The van der Waals surface area contributed by atoms with Crippen LogP contribution in [-0.2, 0) is 25.5 Å². The first-order chi connectivity index (χ1) is 11.5. The predicted octanol–water partition coefficient (Wildman–Crippen LogP) is 1.57. The zero-order valence-electron chi connectivity index (χ0n) is 13.9. The van der Waals surface area contributed by atoms with Crippen molar-refractivity contribution in [1.82, 2.24) is 4.90 Å². The topological polar surface area (TPSA) is 99.0 Å². The molecule has 0 saturated carbocycles. The van der Waals surface area contributed by atoms with Crippen LogP contribution in [0.1, 0.15) is 18.4 Å². The molecule has 8 nitrogen and oxygen atoms in total. The number of methoxy groups -OCH3 is 2. The SMILES string of the molecule is COC(=O)CCN(CCC(=O)OC)CCc1ccc([N+](=O)[O-])cc1. The van der Waals surface area contributed by atoms with Crippen molar-refractivity contribution in [2.45, 2.75) is 19.3 Å². The molecular formula is C16H22N2O6. The fourth-order valence-electron chi connectivity index (χ4n) is 2.11. The number of carbonyl (C=O) groups excluding carboxylic acids is 2.